The van der Waals surface area contributed by atoms with Gasteiger partial charge in [0.2, 0.25) is 0 Å². The zero-order valence-corrected chi connectivity index (χ0v) is 17.4. The van der Waals surface area contributed by atoms with Gasteiger partial charge in [0.15, 0.2) is 0 Å². The highest BCUT2D eigenvalue weighted by molar-refractivity contribution is 5.74. The number of amides is 2. The fraction of sp³-hybridized carbons (Fsp3) is 0.958. The molecular formula is C24H42N2O. The van der Waals surface area contributed by atoms with Crippen LogP contribution >= 0.6 is 0 Å². The van der Waals surface area contributed by atoms with Crippen molar-refractivity contribution in [1.29, 1.82) is 0 Å². The minimum atomic E-state index is 0.114. The number of carbonyl (C=O) groups is 1. The Morgan fingerprint density at radius 2 is 1.15 bits per heavy atom. The van der Waals surface area contributed by atoms with E-state index in [0.717, 1.165) is 24.3 Å². The second kappa shape index (κ2) is 9.18. The smallest absolute Gasteiger partial charge is 0.315 e. The molecular weight excluding hydrogens is 332 g/mol. The van der Waals surface area contributed by atoms with E-state index >= 15 is 0 Å². The number of urea groups is 1. The normalized spacial score (nSPS) is 38.0. The SMILES string of the molecule is O=C(NCC12CC3CC(CC(C3)C1)C2)NC1CCCCCCCCCCC1. The average Bonchev–Trinajstić information content (AvgIpc) is 2.61. The van der Waals surface area contributed by atoms with Gasteiger partial charge >= 0.3 is 6.03 Å². The highest BCUT2D eigenvalue weighted by Crippen LogP contribution is 2.59. The summed E-state index contributed by atoms with van der Waals surface area (Å²) in [4.78, 5) is 12.7. The summed E-state index contributed by atoms with van der Waals surface area (Å²) < 4.78 is 0. The van der Waals surface area contributed by atoms with Crippen molar-refractivity contribution in [1.82, 2.24) is 10.6 Å². The second-order valence-electron chi connectivity index (χ2n) is 10.7. The highest BCUT2D eigenvalue weighted by Gasteiger charge is 2.50. The van der Waals surface area contributed by atoms with Crippen LogP contribution < -0.4 is 10.6 Å². The summed E-state index contributed by atoms with van der Waals surface area (Å²) in [6.45, 7) is 0.926. The van der Waals surface area contributed by atoms with Crippen molar-refractivity contribution in [2.75, 3.05) is 6.54 Å². The summed E-state index contributed by atoms with van der Waals surface area (Å²) in [6.07, 6.45) is 23.1. The van der Waals surface area contributed by atoms with Crippen LogP contribution in [0, 0.1) is 23.2 Å². The van der Waals surface area contributed by atoms with Gasteiger partial charge in [-0.25, -0.2) is 4.79 Å². The Kier molecular flexibility index (Phi) is 6.66. The molecule has 5 aliphatic carbocycles. The molecule has 0 aromatic carbocycles. The van der Waals surface area contributed by atoms with Crippen LogP contribution in [0.1, 0.15) is 109 Å². The van der Waals surface area contributed by atoms with E-state index in [1.165, 1.54) is 109 Å². The summed E-state index contributed by atoms with van der Waals surface area (Å²) in [6, 6.07) is 0.503. The van der Waals surface area contributed by atoms with Crippen LogP contribution in [0.15, 0.2) is 0 Å². The molecule has 3 nitrogen and oxygen atoms in total. The van der Waals surface area contributed by atoms with Crippen molar-refractivity contribution in [2.24, 2.45) is 23.2 Å². The van der Waals surface area contributed by atoms with Crippen LogP contribution in [-0.2, 0) is 0 Å². The molecule has 2 N–H and O–H groups in total. The topological polar surface area (TPSA) is 41.1 Å². The third-order valence-corrected chi connectivity index (χ3v) is 8.23. The van der Waals surface area contributed by atoms with Crippen molar-refractivity contribution >= 4 is 6.03 Å². The van der Waals surface area contributed by atoms with Crippen molar-refractivity contribution in [3.63, 3.8) is 0 Å². The Balaban J connectivity index is 1.23. The summed E-state index contributed by atoms with van der Waals surface area (Å²) in [5, 5.41) is 6.68. The maximum atomic E-state index is 12.7. The van der Waals surface area contributed by atoms with Gasteiger partial charge in [-0.1, -0.05) is 57.8 Å². The molecule has 2 amide bonds. The number of hydrogen-bond donors (Lipinski definition) is 2. The van der Waals surface area contributed by atoms with Crippen molar-refractivity contribution in [2.45, 2.75) is 115 Å². The first-order valence-corrected chi connectivity index (χ1v) is 12.3. The van der Waals surface area contributed by atoms with Gasteiger partial charge in [0.25, 0.3) is 0 Å². The quantitative estimate of drug-likeness (QED) is 0.609. The Bertz CT molecular complexity index is 441. The van der Waals surface area contributed by atoms with Crippen LogP contribution in [0.3, 0.4) is 0 Å². The summed E-state index contributed by atoms with van der Waals surface area (Å²) >= 11 is 0. The first-order chi connectivity index (χ1) is 13.2. The molecule has 0 spiro atoms. The molecule has 0 saturated heterocycles. The van der Waals surface area contributed by atoms with Crippen LogP contribution in [0.5, 0.6) is 0 Å². The van der Waals surface area contributed by atoms with E-state index in [4.69, 9.17) is 0 Å². The summed E-state index contributed by atoms with van der Waals surface area (Å²) in [5.41, 5.74) is 0.443. The van der Waals surface area contributed by atoms with E-state index in [9.17, 15) is 4.79 Å². The Labute approximate surface area is 166 Å². The van der Waals surface area contributed by atoms with Crippen molar-refractivity contribution in [3.05, 3.63) is 0 Å². The van der Waals surface area contributed by atoms with Gasteiger partial charge in [-0.15, -0.1) is 0 Å². The van der Waals surface area contributed by atoms with Gasteiger partial charge in [0.1, 0.15) is 0 Å². The molecule has 0 aromatic rings. The van der Waals surface area contributed by atoms with E-state index in [1.54, 1.807) is 0 Å². The van der Waals surface area contributed by atoms with Gasteiger partial charge in [-0.3, -0.25) is 0 Å². The predicted octanol–water partition coefficient (Wildman–Crippen LogP) is 6.18. The molecule has 0 heterocycles. The average molecular weight is 375 g/mol. The molecule has 3 heteroatoms. The molecule has 0 unspecified atom stereocenters. The fourth-order valence-electron chi connectivity index (χ4n) is 7.32. The molecule has 5 rings (SSSR count). The maximum Gasteiger partial charge on any atom is 0.315 e. The summed E-state index contributed by atoms with van der Waals surface area (Å²) in [7, 11) is 0. The van der Waals surface area contributed by atoms with Crippen molar-refractivity contribution in [3.8, 4) is 0 Å². The first kappa shape index (κ1) is 19.6. The zero-order valence-electron chi connectivity index (χ0n) is 17.4. The van der Waals surface area contributed by atoms with Crippen molar-refractivity contribution < 1.29 is 4.79 Å². The monoisotopic (exact) mass is 374 g/mol. The number of carbonyl (C=O) groups excluding carboxylic acids is 1. The molecule has 5 aliphatic rings. The van der Waals surface area contributed by atoms with Gasteiger partial charge in [-0.05, 0) is 74.5 Å². The van der Waals surface area contributed by atoms with E-state index in [1.807, 2.05) is 0 Å². The van der Waals surface area contributed by atoms with Crippen LogP contribution in [0.2, 0.25) is 0 Å². The highest BCUT2D eigenvalue weighted by atomic mass is 16.2. The minimum absolute atomic E-state index is 0.114. The van der Waals surface area contributed by atoms with E-state index in [-0.39, 0.29) is 6.03 Å². The van der Waals surface area contributed by atoms with Crippen LogP contribution in [0.25, 0.3) is 0 Å². The Hall–Kier alpha value is -0.730. The van der Waals surface area contributed by atoms with Gasteiger partial charge in [-0.2, -0.15) is 0 Å². The lowest BCUT2D eigenvalue weighted by Gasteiger charge is -2.56. The fourth-order valence-corrected chi connectivity index (χ4v) is 7.32. The third kappa shape index (κ3) is 5.41. The number of hydrogen-bond acceptors (Lipinski definition) is 1. The molecule has 0 aromatic heterocycles. The lowest BCUT2D eigenvalue weighted by atomic mass is 9.49. The summed E-state index contributed by atoms with van der Waals surface area (Å²) in [5.74, 6) is 2.90. The lowest BCUT2D eigenvalue weighted by Crippen LogP contribution is -2.53. The third-order valence-electron chi connectivity index (χ3n) is 8.23. The molecule has 4 bridgehead atoms. The molecule has 0 aliphatic heterocycles. The molecule has 0 radical (unpaired) electrons. The number of nitrogens with one attached hydrogen (secondary N) is 2. The van der Waals surface area contributed by atoms with E-state index < -0.39 is 0 Å². The lowest BCUT2D eigenvalue weighted by molar-refractivity contribution is -0.0498. The molecule has 5 saturated carbocycles. The predicted molar refractivity (Wildman–Crippen MR) is 112 cm³/mol. The molecule has 5 fully saturated rings. The second-order valence-corrected chi connectivity index (χ2v) is 10.7. The molecule has 0 atom stereocenters. The first-order valence-electron chi connectivity index (χ1n) is 12.3. The molecule has 27 heavy (non-hydrogen) atoms. The van der Waals surface area contributed by atoms with Gasteiger partial charge in [0.05, 0.1) is 0 Å². The number of rotatable bonds is 3. The zero-order chi connectivity index (χ0) is 18.5. The van der Waals surface area contributed by atoms with Gasteiger partial charge in [0, 0.05) is 12.6 Å². The Morgan fingerprint density at radius 1 is 0.704 bits per heavy atom. The standard InChI is InChI=1S/C24H42N2O/c27-23(26-22-10-8-6-4-2-1-3-5-7-9-11-22)25-18-24-15-19-12-20(16-24)14-21(13-19)17-24/h19-22H,1-18H2,(H2,25,26,27). The minimum Gasteiger partial charge on any atom is -0.338 e. The van der Waals surface area contributed by atoms with Crippen LogP contribution in [-0.4, -0.2) is 18.6 Å². The molecule has 154 valence electrons. The maximum absolute atomic E-state index is 12.7. The van der Waals surface area contributed by atoms with Crippen LogP contribution in [0.4, 0.5) is 4.79 Å². The van der Waals surface area contributed by atoms with E-state index in [0.29, 0.717) is 11.5 Å². The van der Waals surface area contributed by atoms with E-state index in [2.05, 4.69) is 10.6 Å². The Morgan fingerprint density at radius 3 is 1.63 bits per heavy atom. The largest absolute Gasteiger partial charge is 0.338 e. The van der Waals surface area contributed by atoms with Gasteiger partial charge < -0.3 is 10.6 Å².